The smallest absolute Gasteiger partial charge is 0.441 e. The molecule has 2 aliphatic rings. The van der Waals surface area contributed by atoms with E-state index in [0.717, 1.165) is 41.7 Å². The third kappa shape index (κ3) is 5.06. The predicted octanol–water partition coefficient (Wildman–Crippen LogP) is 5.90. The molecule has 0 bridgehead atoms. The molecular weight excluding hydrogens is 501 g/mol. The molecule has 0 spiro atoms. The second kappa shape index (κ2) is 9.85. The number of carbonyl (C=O) groups is 3. The van der Waals surface area contributed by atoms with E-state index >= 15 is 0 Å². The minimum absolute atomic E-state index is 0.166. The number of anilines is 1. The molecular formula is C28H23F3N2O5. The van der Waals surface area contributed by atoms with Crippen LogP contribution < -0.4 is 10.1 Å². The van der Waals surface area contributed by atoms with Gasteiger partial charge >= 0.3 is 6.36 Å². The van der Waals surface area contributed by atoms with Gasteiger partial charge in [0.15, 0.2) is 5.72 Å². The van der Waals surface area contributed by atoms with Crippen molar-refractivity contribution < 1.29 is 37.0 Å². The first kappa shape index (κ1) is 25.3. The maximum Gasteiger partial charge on any atom is 0.573 e. The highest BCUT2D eigenvalue weighted by atomic mass is 19.4. The summed E-state index contributed by atoms with van der Waals surface area (Å²) in [4.78, 5) is 38.6. The lowest BCUT2D eigenvalue weighted by molar-refractivity contribution is -0.274. The Morgan fingerprint density at radius 2 is 1.61 bits per heavy atom. The Kier molecular flexibility index (Phi) is 6.56. The lowest BCUT2D eigenvalue weighted by Crippen LogP contribution is -2.48. The summed E-state index contributed by atoms with van der Waals surface area (Å²) in [7, 11) is 0. The summed E-state index contributed by atoms with van der Waals surface area (Å²) in [5, 5.41) is 2.70. The summed E-state index contributed by atoms with van der Waals surface area (Å²) in [5.74, 6) is -1.07. The molecule has 7 nitrogen and oxygen atoms in total. The van der Waals surface area contributed by atoms with Crippen LogP contribution in [0.2, 0.25) is 0 Å². The number of nitrogens with zero attached hydrogens (tertiary/aromatic N) is 1. The molecule has 1 N–H and O–H groups in total. The number of halogens is 3. The van der Waals surface area contributed by atoms with E-state index in [1.54, 1.807) is 29.2 Å². The van der Waals surface area contributed by atoms with Crippen LogP contribution in [0.4, 0.5) is 18.9 Å². The molecule has 0 saturated heterocycles. The number of amides is 2. The minimum Gasteiger partial charge on any atom is -0.441 e. The Bertz CT molecular complexity index is 1360. The fourth-order valence-electron chi connectivity index (χ4n) is 5.04. The molecule has 10 heteroatoms. The third-order valence-corrected chi connectivity index (χ3v) is 6.88. The molecule has 1 saturated carbocycles. The second-order valence-electron chi connectivity index (χ2n) is 9.23. The molecule has 0 unspecified atom stereocenters. The highest BCUT2D eigenvalue weighted by Gasteiger charge is 2.47. The van der Waals surface area contributed by atoms with Crippen LogP contribution in [-0.2, 0) is 16.1 Å². The first-order valence-electron chi connectivity index (χ1n) is 12.0. The zero-order chi connectivity index (χ0) is 26.9. The zero-order valence-corrected chi connectivity index (χ0v) is 20.1. The number of carbonyl (C=O) groups excluding carboxylic acids is 3. The first-order valence-corrected chi connectivity index (χ1v) is 12.0. The van der Waals surface area contributed by atoms with Gasteiger partial charge < -0.3 is 14.8 Å². The zero-order valence-electron chi connectivity index (χ0n) is 20.1. The van der Waals surface area contributed by atoms with Gasteiger partial charge in [-0.05, 0) is 72.0 Å². The van der Waals surface area contributed by atoms with Crippen LogP contribution in [0.1, 0.15) is 52.0 Å². The van der Waals surface area contributed by atoms with Crippen LogP contribution in [0.3, 0.4) is 0 Å². The summed E-state index contributed by atoms with van der Waals surface area (Å²) in [5.41, 5.74) is 2.85. The highest BCUT2D eigenvalue weighted by Crippen LogP contribution is 2.41. The summed E-state index contributed by atoms with van der Waals surface area (Å²) < 4.78 is 46.2. The van der Waals surface area contributed by atoms with Gasteiger partial charge in [0.25, 0.3) is 18.3 Å². The van der Waals surface area contributed by atoms with Gasteiger partial charge in [-0.3, -0.25) is 19.3 Å². The van der Waals surface area contributed by atoms with Crippen molar-refractivity contribution in [3.63, 3.8) is 0 Å². The van der Waals surface area contributed by atoms with Gasteiger partial charge in [0.2, 0.25) is 0 Å². The second-order valence-corrected chi connectivity index (χ2v) is 9.23. The predicted molar refractivity (Wildman–Crippen MR) is 131 cm³/mol. The monoisotopic (exact) mass is 524 g/mol. The molecule has 5 rings (SSSR count). The van der Waals surface area contributed by atoms with Crippen molar-refractivity contribution in [3.8, 4) is 16.9 Å². The van der Waals surface area contributed by atoms with Crippen molar-refractivity contribution >= 4 is 24.0 Å². The molecule has 0 radical (unpaired) electrons. The number of benzene rings is 3. The molecule has 2 amide bonds. The number of hydrogen-bond donors (Lipinski definition) is 1. The number of rotatable bonds is 7. The SMILES string of the molecule is O=COC1(N2Cc3ccc(-c4ccc(NC(=O)c5ccc(OC(F)(F)F)cc5)cc4)cc3C2=O)CCCC1. The van der Waals surface area contributed by atoms with E-state index in [4.69, 9.17) is 4.74 Å². The Labute approximate surface area is 216 Å². The lowest BCUT2D eigenvalue weighted by atomic mass is 10.00. The van der Waals surface area contributed by atoms with Crippen molar-refractivity contribution in [2.75, 3.05) is 5.32 Å². The molecule has 0 atom stereocenters. The van der Waals surface area contributed by atoms with Crippen LogP contribution >= 0.6 is 0 Å². The van der Waals surface area contributed by atoms with Gasteiger partial charge in [-0.1, -0.05) is 24.3 Å². The molecule has 1 heterocycles. The average molecular weight is 524 g/mol. The maximum atomic E-state index is 13.3. The van der Waals surface area contributed by atoms with Crippen molar-refractivity contribution in [1.82, 2.24) is 4.90 Å². The highest BCUT2D eigenvalue weighted by molar-refractivity contribution is 6.04. The topological polar surface area (TPSA) is 84.9 Å². The van der Waals surface area contributed by atoms with Crippen molar-refractivity contribution in [1.29, 1.82) is 0 Å². The Balaban J connectivity index is 1.27. The summed E-state index contributed by atoms with van der Waals surface area (Å²) >= 11 is 0. The van der Waals surface area contributed by atoms with E-state index in [-0.39, 0.29) is 11.5 Å². The quantitative estimate of drug-likeness (QED) is 0.389. The largest absolute Gasteiger partial charge is 0.573 e. The standard InChI is InChI=1S/C28H23F3N2O5/c29-28(30,31)38-23-11-7-19(8-12-23)25(35)32-22-9-5-18(6-10-22)20-3-4-21-16-33(26(36)24(21)15-20)27(37-17-34)13-1-2-14-27/h3-12,15,17H,1-2,13-14,16H2,(H,32,35). The molecule has 0 aromatic heterocycles. The maximum absolute atomic E-state index is 13.3. The molecule has 3 aromatic rings. The fourth-order valence-corrected chi connectivity index (χ4v) is 5.04. The number of fused-ring (bicyclic) bond motifs is 1. The van der Waals surface area contributed by atoms with Gasteiger partial charge in [0.05, 0.1) is 6.54 Å². The van der Waals surface area contributed by atoms with Crippen molar-refractivity contribution in [2.45, 2.75) is 44.3 Å². The van der Waals surface area contributed by atoms with Crippen LogP contribution in [-0.4, -0.2) is 35.3 Å². The summed E-state index contributed by atoms with van der Waals surface area (Å²) in [6.07, 6.45) is -1.78. The lowest BCUT2D eigenvalue weighted by Gasteiger charge is -2.36. The van der Waals surface area contributed by atoms with Gasteiger partial charge in [0, 0.05) is 29.7 Å². The molecule has 1 fully saturated rings. The fraction of sp³-hybridized carbons (Fsp3) is 0.250. The first-order chi connectivity index (χ1) is 18.2. The number of nitrogens with one attached hydrogen (secondary N) is 1. The van der Waals surface area contributed by atoms with Crippen LogP contribution in [0.25, 0.3) is 11.1 Å². The van der Waals surface area contributed by atoms with Crippen molar-refractivity contribution in [3.05, 3.63) is 83.4 Å². The molecule has 1 aliphatic carbocycles. The van der Waals surface area contributed by atoms with E-state index in [1.807, 2.05) is 18.2 Å². The van der Waals surface area contributed by atoms with Gasteiger partial charge in [-0.15, -0.1) is 13.2 Å². The van der Waals surface area contributed by atoms with Crippen LogP contribution in [0.5, 0.6) is 5.75 Å². The van der Waals surface area contributed by atoms with Gasteiger partial charge in [0.1, 0.15) is 5.75 Å². The summed E-state index contributed by atoms with van der Waals surface area (Å²) in [6, 6.07) is 17.2. The van der Waals surface area contributed by atoms with E-state index in [9.17, 15) is 27.6 Å². The molecule has 1 aliphatic heterocycles. The molecule has 3 aromatic carbocycles. The van der Waals surface area contributed by atoms with Crippen molar-refractivity contribution in [2.24, 2.45) is 0 Å². The van der Waals surface area contributed by atoms with Gasteiger partial charge in [-0.25, -0.2) is 0 Å². The van der Waals surface area contributed by atoms with E-state index < -0.39 is 23.7 Å². The number of hydrogen-bond acceptors (Lipinski definition) is 5. The van der Waals surface area contributed by atoms with Gasteiger partial charge in [-0.2, -0.15) is 0 Å². The number of ether oxygens (including phenoxy) is 2. The van der Waals surface area contributed by atoms with E-state index in [0.29, 0.717) is 37.1 Å². The average Bonchev–Trinajstić information content (AvgIpc) is 3.49. The minimum atomic E-state index is -4.81. The molecule has 196 valence electrons. The Morgan fingerprint density at radius 3 is 2.24 bits per heavy atom. The third-order valence-electron chi connectivity index (χ3n) is 6.88. The Hall–Kier alpha value is -4.34. The van der Waals surface area contributed by atoms with Crippen LogP contribution in [0, 0.1) is 0 Å². The van der Waals surface area contributed by atoms with E-state index in [1.165, 1.54) is 12.1 Å². The molecule has 38 heavy (non-hydrogen) atoms. The number of alkyl halides is 3. The summed E-state index contributed by atoms with van der Waals surface area (Å²) in [6.45, 7) is 0.807. The Morgan fingerprint density at radius 1 is 0.947 bits per heavy atom. The van der Waals surface area contributed by atoms with Crippen LogP contribution in [0.15, 0.2) is 66.7 Å². The normalized spacial score (nSPS) is 16.2. The van der Waals surface area contributed by atoms with E-state index in [2.05, 4.69) is 10.1 Å².